The van der Waals surface area contributed by atoms with Gasteiger partial charge in [-0.15, -0.1) is 0 Å². The van der Waals surface area contributed by atoms with Gasteiger partial charge in [0.2, 0.25) is 0 Å². The molecule has 16 heteroatoms. The number of fused-ring (bicyclic) bond motifs is 3. The highest BCUT2D eigenvalue weighted by molar-refractivity contribution is 5.83. The van der Waals surface area contributed by atoms with Crippen molar-refractivity contribution in [3.63, 3.8) is 0 Å². The summed E-state index contributed by atoms with van der Waals surface area (Å²) in [6.07, 6.45) is 14.9. The Hall–Kier alpha value is -2.76. The van der Waals surface area contributed by atoms with Gasteiger partial charge in [-0.05, 0) is 133 Å². The highest BCUT2D eigenvalue weighted by Gasteiger charge is 2.49. The van der Waals surface area contributed by atoms with Crippen LogP contribution in [0.5, 0.6) is 0 Å². The Kier molecular flexibility index (Phi) is 28.5. The number of ketones is 1. The molecule has 432 valence electrons. The van der Waals surface area contributed by atoms with E-state index in [1.165, 1.54) is 97.2 Å². The van der Waals surface area contributed by atoms with Crippen molar-refractivity contribution < 1.29 is 42.9 Å². The fourth-order valence-corrected chi connectivity index (χ4v) is 11.5. The molecule has 0 aliphatic carbocycles. The molecule has 2 N–H and O–H groups in total. The molecule has 11 fully saturated rings. The van der Waals surface area contributed by atoms with E-state index in [1.807, 2.05) is 60.3 Å². The number of amides is 3. The molecule has 11 aliphatic rings. The fraction of sp³-hybridized carbons (Fsp3) is 0.931. The number of piperidine rings is 7. The Morgan fingerprint density at radius 3 is 1.41 bits per heavy atom. The van der Waals surface area contributed by atoms with Crippen LogP contribution in [0.15, 0.2) is 0 Å². The van der Waals surface area contributed by atoms with E-state index in [9.17, 15) is 19.2 Å². The maximum absolute atomic E-state index is 11.5. The van der Waals surface area contributed by atoms with Crippen molar-refractivity contribution in [1.82, 2.24) is 35.1 Å². The zero-order valence-electron chi connectivity index (χ0n) is 49.9. The molecule has 0 aromatic heterocycles. The summed E-state index contributed by atoms with van der Waals surface area (Å²) in [6, 6.07) is 2.76. The molecule has 11 rings (SSSR count). The number of ether oxygens (including phenoxy) is 5. The number of hydrogen-bond donors (Lipinski definition) is 2. The average molecular weight is 1050 g/mol. The quantitative estimate of drug-likeness (QED) is 0.252. The Morgan fingerprint density at radius 1 is 0.473 bits per heavy atom. The topological polar surface area (TPSA) is 155 Å². The van der Waals surface area contributed by atoms with E-state index in [0.717, 1.165) is 44.3 Å². The van der Waals surface area contributed by atoms with Gasteiger partial charge in [0, 0.05) is 63.4 Å². The van der Waals surface area contributed by atoms with Crippen molar-refractivity contribution >= 4 is 24.1 Å². The number of nitrogens with zero attached hydrogens (tertiary/aromatic N) is 5. The summed E-state index contributed by atoms with van der Waals surface area (Å²) in [4.78, 5) is 55.2. The van der Waals surface area contributed by atoms with Crippen LogP contribution in [0.2, 0.25) is 0 Å². The summed E-state index contributed by atoms with van der Waals surface area (Å²) in [5, 5.41) is 6.88. The molecular formula is C58H111N7O9. The minimum Gasteiger partial charge on any atom is -0.447 e. The lowest BCUT2D eigenvalue weighted by Gasteiger charge is -2.44. The molecule has 6 unspecified atom stereocenters. The predicted octanol–water partition coefficient (Wildman–Crippen LogP) is 10.4. The molecule has 0 saturated carbocycles. The molecule has 11 aliphatic heterocycles. The Labute approximate surface area is 451 Å². The van der Waals surface area contributed by atoms with Crippen LogP contribution in [0, 0.1) is 16.2 Å². The third kappa shape index (κ3) is 20.2. The van der Waals surface area contributed by atoms with E-state index in [-0.39, 0.29) is 36.1 Å². The number of nitrogens with one attached hydrogen (secondary N) is 2. The third-order valence-electron chi connectivity index (χ3n) is 16.5. The van der Waals surface area contributed by atoms with Crippen molar-refractivity contribution in [2.75, 3.05) is 98.5 Å². The number of hydrogen-bond acceptors (Lipinski definition) is 13. The van der Waals surface area contributed by atoms with Gasteiger partial charge in [0.1, 0.15) is 25.6 Å². The van der Waals surface area contributed by atoms with Crippen molar-refractivity contribution in [3.8, 4) is 0 Å². The molecule has 0 aromatic rings. The van der Waals surface area contributed by atoms with Gasteiger partial charge in [0.05, 0.1) is 31.3 Å². The first-order valence-electron chi connectivity index (χ1n) is 29.9. The zero-order valence-corrected chi connectivity index (χ0v) is 49.9. The number of likely N-dealkylation sites (tertiary alicyclic amines) is 2. The number of cyclic esters (lactones) is 3. The summed E-state index contributed by atoms with van der Waals surface area (Å²) >= 11 is 0. The SMILES string of the molecule is CC.CC.CC.CC.CC1(C)CCN(C2CCN3C(=O)OCC3C2)CC1.CC1(C)CCNCC1.CC1CC(N2CCC(C)(C)CC2)CCN1.O=C1CCN2C(=O)OCC2C1.O=C1OCC2CC3(CCN12)OCCO3. The molecule has 0 radical (unpaired) electrons. The molecule has 3 amide bonds. The first-order valence-corrected chi connectivity index (χ1v) is 29.9. The van der Waals surface area contributed by atoms with Crippen molar-refractivity contribution in [1.29, 1.82) is 0 Å². The molecule has 0 bridgehead atoms. The first kappa shape index (κ1) is 65.5. The summed E-state index contributed by atoms with van der Waals surface area (Å²) in [6.45, 7) is 46.2. The second-order valence-corrected chi connectivity index (χ2v) is 23.4. The van der Waals surface area contributed by atoms with Gasteiger partial charge < -0.3 is 58.8 Å². The van der Waals surface area contributed by atoms with Gasteiger partial charge in [-0.2, -0.15) is 0 Å². The lowest BCUT2D eigenvalue weighted by molar-refractivity contribution is -0.188. The fourth-order valence-electron chi connectivity index (χ4n) is 11.5. The monoisotopic (exact) mass is 1050 g/mol. The standard InChI is InChI=1S/C14H24N2O2.C13H26N2.C9H13NO4.C7H9NO3.C7H15N.4C2H6/c1-14(2)4-7-15(8-5-14)11-3-6-16-12(9-11)10-18-13(16)17;1-11-10-12(4-7-14-11)15-8-5-13(2,3)6-9-15;11-8-10-2-1-9(13-3-4-14-9)5-7(10)6-12-8;9-6-1-2-8-5(3-6)4-11-7(8)10;1-7(2)3-5-8-6-4-7;4*1-2/h11-12H,3-10H2,1-2H3;11-12,14H,4-10H2,1-3H3;7H,1-6H2;5H,1-4H2;8H,3-6H2,1-2H3;4*1-2H3. The Balaban J connectivity index is 0.000000240. The van der Waals surface area contributed by atoms with E-state index in [1.54, 1.807) is 9.80 Å². The van der Waals surface area contributed by atoms with Crippen molar-refractivity contribution in [2.45, 2.75) is 236 Å². The molecule has 11 saturated heterocycles. The molecule has 11 heterocycles. The van der Waals surface area contributed by atoms with Crippen LogP contribution in [-0.2, 0) is 28.5 Å². The number of carbonyl (C=O) groups is 4. The number of carbonyl (C=O) groups excluding carboxylic acids is 4. The summed E-state index contributed by atoms with van der Waals surface area (Å²) in [5.74, 6) is -0.181. The number of Topliss-reactive ketones (excluding diaryl/α,β-unsaturated/α-hetero) is 1. The summed E-state index contributed by atoms with van der Waals surface area (Å²) in [5.41, 5.74) is 1.73. The van der Waals surface area contributed by atoms with E-state index in [0.29, 0.717) is 87.3 Å². The highest BCUT2D eigenvalue weighted by Crippen LogP contribution is 2.38. The van der Waals surface area contributed by atoms with E-state index in [2.05, 4.69) is 68.9 Å². The van der Waals surface area contributed by atoms with Crippen LogP contribution in [0.1, 0.15) is 194 Å². The third-order valence-corrected chi connectivity index (χ3v) is 16.5. The highest BCUT2D eigenvalue weighted by atomic mass is 16.7. The van der Waals surface area contributed by atoms with Gasteiger partial charge in [0.15, 0.2) is 5.79 Å². The summed E-state index contributed by atoms with van der Waals surface area (Å²) in [7, 11) is 0. The molecule has 1 spiro atoms. The van der Waals surface area contributed by atoms with E-state index < -0.39 is 5.79 Å². The van der Waals surface area contributed by atoms with Gasteiger partial charge in [-0.3, -0.25) is 4.79 Å². The lowest BCUT2D eigenvalue weighted by Crippen LogP contribution is -2.51. The molecule has 0 aromatic carbocycles. The minimum absolute atomic E-state index is 0.0312. The van der Waals surface area contributed by atoms with Crippen LogP contribution < -0.4 is 10.6 Å². The average Bonchev–Trinajstić information content (AvgIpc) is 4.21. The van der Waals surface area contributed by atoms with Crippen LogP contribution in [0.4, 0.5) is 14.4 Å². The van der Waals surface area contributed by atoms with Crippen LogP contribution >= 0.6 is 0 Å². The second kappa shape index (κ2) is 32.2. The Morgan fingerprint density at radius 2 is 0.919 bits per heavy atom. The largest absolute Gasteiger partial charge is 0.447 e. The maximum atomic E-state index is 11.5. The van der Waals surface area contributed by atoms with Crippen LogP contribution in [0.3, 0.4) is 0 Å². The van der Waals surface area contributed by atoms with Crippen molar-refractivity contribution in [2.24, 2.45) is 16.2 Å². The first-order chi connectivity index (χ1) is 35.4. The van der Waals surface area contributed by atoms with Crippen LogP contribution in [0.25, 0.3) is 0 Å². The van der Waals surface area contributed by atoms with Gasteiger partial charge >= 0.3 is 18.3 Å². The molecule has 16 nitrogen and oxygen atoms in total. The van der Waals surface area contributed by atoms with E-state index >= 15 is 0 Å². The smallest absolute Gasteiger partial charge is 0.410 e. The number of rotatable bonds is 2. The van der Waals surface area contributed by atoms with Gasteiger partial charge in [-0.25, -0.2) is 14.4 Å². The molecule has 74 heavy (non-hydrogen) atoms. The van der Waals surface area contributed by atoms with Gasteiger partial charge in [-0.1, -0.05) is 96.9 Å². The second-order valence-electron chi connectivity index (χ2n) is 23.4. The Bertz CT molecular complexity index is 1620. The molecule has 6 atom stereocenters. The van der Waals surface area contributed by atoms with E-state index in [4.69, 9.17) is 23.7 Å². The zero-order chi connectivity index (χ0) is 55.1. The van der Waals surface area contributed by atoms with Crippen LogP contribution in [-0.4, -0.2) is 189 Å². The van der Waals surface area contributed by atoms with Crippen molar-refractivity contribution in [3.05, 3.63) is 0 Å². The normalized spacial score (nSPS) is 30.9. The molecular weight excluding hydrogens is 939 g/mol. The minimum atomic E-state index is -0.421. The maximum Gasteiger partial charge on any atom is 0.410 e. The predicted molar refractivity (Wildman–Crippen MR) is 298 cm³/mol. The summed E-state index contributed by atoms with van der Waals surface area (Å²) < 4.78 is 26.1. The lowest BCUT2D eigenvalue weighted by atomic mass is 9.81. The van der Waals surface area contributed by atoms with Gasteiger partial charge in [0.25, 0.3) is 0 Å².